The number of hydrogen-bond donors (Lipinski definition) is 2. The monoisotopic (exact) mass is 399 g/mol. The van der Waals surface area contributed by atoms with E-state index in [0.29, 0.717) is 32.0 Å². The Hall–Kier alpha value is -1.95. The SMILES string of the molecule is CN(C)C(=O)c1ccc(NCC(=O)Nc2cc(Cl)c(Cl)cc2Cl)cc1. The first-order chi connectivity index (χ1) is 11.8. The molecule has 0 aliphatic heterocycles. The smallest absolute Gasteiger partial charge is 0.253 e. The number of amides is 2. The summed E-state index contributed by atoms with van der Waals surface area (Å²) in [5.74, 6) is -0.382. The summed E-state index contributed by atoms with van der Waals surface area (Å²) < 4.78 is 0. The number of benzene rings is 2. The summed E-state index contributed by atoms with van der Waals surface area (Å²) in [5, 5.41) is 6.54. The summed E-state index contributed by atoms with van der Waals surface area (Å²) in [7, 11) is 3.37. The Labute approximate surface area is 160 Å². The molecular formula is C17H16Cl3N3O2. The van der Waals surface area contributed by atoms with Crippen LogP contribution in [-0.4, -0.2) is 37.4 Å². The molecule has 132 valence electrons. The van der Waals surface area contributed by atoms with Gasteiger partial charge in [-0.2, -0.15) is 0 Å². The van der Waals surface area contributed by atoms with Crippen LogP contribution in [0, 0.1) is 0 Å². The van der Waals surface area contributed by atoms with Gasteiger partial charge in [-0.1, -0.05) is 34.8 Å². The fourth-order valence-corrected chi connectivity index (χ4v) is 2.58. The Morgan fingerprint density at radius 2 is 1.56 bits per heavy atom. The average molecular weight is 401 g/mol. The number of anilines is 2. The highest BCUT2D eigenvalue weighted by molar-refractivity contribution is 6.44. The molecule has 8 heteroatoms. The van der Waals surface area contributed by atoms with Crippen molar-refractivity contribution < 1.29 is 9.59 Å². The maximum absolute atomic E-state index is 12.0. The first-order valence-corrected chi connectivity index (χ1v) is 8.41. The summed E-state index contributed by atoms with van der Waals surface area (Å²) in [6.45, 7) is 0.0253. The standard InChI is InChI=1S/C17H16Cl3N3O2/c1-23(2)17(25)10-3-5-11(6-4-10)21-9-16(24)22-15-8-13(19)12(18)7-14(15)20/h3-8,21H,9H2,1-2H3,(H,22,24). The van der Waals surface area contributed by atoms with Gasteiger partial charge in [0.05, 0.1) is 27.3 Å². The molecule has 0 saturated heterocycles. The topological polar surface area (TPSA) is 61.4 Å². The van der Waals surface area contributed by atoms with E-state index in [2.05, 4.69) is 10.6 Å². The van der Waals surface area contributed by atoms with Crippen molar-refractivity contribution in [1.29, 1.82) is 0 Å². The minimum absolute atomic E-state index is 0.0253. The number of carbonyl (C=O) groups excluding carboxylic acids is 2. The van der Waals surface area contributed by atoms with Crippen LogP contribution in [0.5, 0.6) is 0 Å². The van der Waals surface area contributed by atoms with Gasteiger partial charge in [-0.25, -0.2) is 0 Å². The summed E-state index contributed by atoms with van der Waals surface area (Å²) >= 11 is 17.8. The molecule has 0 aliphatic carbocycles. The molecule has 2 amide bonds. The van der Waals surface area contributed by atoms with E-state index < -0.39 is 0 Å². The molecule has 25 heavy (non-hydrogen) atoms. The van der Waals surface area contributed by atoms with Gasteiger partial charge in [-0.05, 0) is 36.4 Å². The molecule has 0 heterocycles. The maximum Gasteiger partial charge on any atom is 0.253 e. The summed E-state index contributed by atoms with van der Waals surface area (Å²) in [6, 6.07) is 9.81. The molecule has 5 nitrogen and oxygen atoms in total. The second kappa shape index (κ2) is 8.43. The Bertz CT molecular complexity index is 792. The lowest BCUT2D eigenvalue weighted by molar-refractivity contribution is -0.114. The average Bonchev–Trinajstić information content (AvgIpc) is 2.57. The van der Waals surface area contributed by atoms with Crippen LogP contribution in [0.25, 0.3) is 0 Å². The highest BCUT2D eigenvalue weighted by atomic mass is 35.5. The van der Waals surface area contributed by atoms with E-state index in [-0.39, 0.29) is 18.4 Å². The zero-order valence-corrected chi connectivity index (χ0v) is 15.8. The minimum Gasteiger partial charge on any atom is -0.376 e. The molecule has 0 spiro atoms. The van der Waals surface area contributed by atoms with Gasteiger partial charge in [0, 0.05) is 25.3 Å². The quantitative estimate of drug-likeness (QED) is 0.731. The fraction of sp³-hybridized carbons (Fsp3) is 0.176. The van der Waals surface area contributed by atoms with Crippen molar-refractivity contribution in [2.75, 3.05) is 31.3 Å². The van der Waals surface area contributed by atoms with Gasteiger partial charge in [-0.3, -0.25) is 9.59 Å². The molecule has 0 bridgehead atoms. The third-order valence-electron chi connectivity index (χ3n) is 3.28. The summed E-state index contributed by atoms with van der Waals surface area (Å²) in [5.41, 5.74) is 1.67. The zero-order valence-electron chi connectivity index (χ0n) is 13.6. The Kier molecular flexibility index (Phi) is 6.53. The van der Waals surface area contributed by atoms with Gasteiger partial charge in [0.15, 0.2) is 0 Å². The van der Waals surface area contributed by atoms with E-state index in [1.54, 1.807) is 38.4 Å². The number of halogens is 3. The first-order valence-electron chi connectivity index (χ1n) is 7.28. The van der Waals surface area contributed by atoms with Gasteiger partial charge in [0.1, 0.15) is 0 Å². The molecular weight excluding hydrogens is 385 g/mol. The largest absolute Gasteiger partial charge is 0.376 e. The molecule has 0 radical (unpaired) electrons. The molecule has 0 atom stereocenters. The molecule has 0 saturated carbocycles. The molecule has 2 aromatic rings. The van der Waals surface area contributed by atoms with Crippen LogP contribution in [0.2, 0.25) is 15.1 Å². The van der Waals surface area contributed by atoms with E-state index in [1.165, 1.54) is 17.0 Å². The predicted molar refractivity (Wildman–Crippen MR) is 103 cm³/mol. The molecule has 0 fully saturated rings. The van der Waals surface area contributed by atoms with Gasteiger partial charge in [-0.15, -0.1) is 0 Å². The van der Waals surface area contributed by atoms with Crippen LogP contribution in [0.4, 0.5) is 11.4 Å². The molecule has 2 rings (SSSR count). The van der Waals surface area contributed by atoms with Gasteiger partial charge < -0.3 is 15.5 Å². The van der Waals surface area contributed by atoms with Crippen LogP contribution in [0.3, 0.4) is 0 Å². The third kappa shape index (κ3) is 5.26. The normalized spacial score (nSPS) is 10.3. The Morgan fingerprint density at radius 3 is 2.16 bits per heavy atom. The second-order valence-electron chi connectivity index (χ2n) is 5.42. The third-order valence-corrected chi connectivity index (χ3v) is 4.31. The molecule has 2 aromatic carbocycles. The Balaban J connectivity index is 1.94. The highest BCUT2D eigenvalue weighted by Gasteiger charge is 2.10. The van der Waals surface area contributed by atoms with Crippen molar-refractivity contribution >= 4 is 58.0 Å². The van der Waals surface area contributed by atoms with E-state index in [0.717, 1.165) is 0 Å². The minimum atomic E-state index is -0.297. The van der Waals surface area contributed by atoms with Crippen LogP contribution in [-0.2, 0) is 4.79 Å². The lowest BCUT2D eigenvalue weighted by Gasteiger charge is -2.12. The van der Waals surface area contributed by atoms with Crippen molar-refractivity contribution in [3.05, 3.63) is 57.0 Å². The van der Waals surface area contributed by atoms with Crippen LogP contribution in [0.1, 0.15) is 10.4 Å². The van der Waals surface area contributed by atoms with Crippen molar-refractivity contribution in [3.8, 4) is 0 Å². The lowest BCUT2D eigenvalue weighted by atomic mass is 10.2. The fourth-order valence-electron chi connectivity index (χ4n) is 1.98. The second-order valence-corrected chi connectivity index (χ2v) is 6.65. The van der Waals surface area contributed by atoms with Crippen LogP contribution in [0.15, 0.2) is 36.4 Å². The highest BCUT2D eigenvalue weighted by Crippen LogP contribution is 2.32. The van der Waals surface area contributed by atoms with E-state index in [9.17, 15) is 9.59 Å². The van der Waals surface area contributed by atoms with Gasteiger partial charge in [0.25, 0.3) is 5.91 Å². The van der Waals surface area contributed by atoms with E-state index in [1.807, 2.05) is 0 Å². The lowest BCUT2D eigenvalue weighted by Crippen LogP contribution is -2.22. The first kappa shape index (κ1) is 19.4. The predicted octanol–water partition coefficient (Wildman–Crippen LogP) is 4.40. The van der Waals surface area contributed by atoms with Gasteiger partial charge >= 0.3 is 0 Å². The van der Waals surface area contributed by atoms with Gasteiger partial charge in [0.2, 0.25) is 5.91 Å². The van der Waals surface area contributed by atoms with E-state index in [4.69, 9.17) is 34.8 Å². The van der Waals surface area contributed by atoms with Crippen molar-refractivity contribution in [2.45, 2.75) is 0 Å². The van der Waals surface area contributed by atoms with Crippen LogP contribution < -0.4 is 10.6 Å². The van der Waals surface area contributed by atoms with Crippen molar-refractivity contribution in [1.82, 2.24) is 4.90 Å². The Morgan fingerprint density at radius 1 is 0.960 bits per heavy atom. The maximum atomic E-state index is 12.0. The van der Waals surface area contributed by atoms with Crippen molar-refractivity contribution in [2.24, 2.45) is 0 Å². The number of nitrogens with zero attached hydrogens (tertiary/aromatic N) is 1. The number of hydrogen-bond acceptors (Lipinski definition) is 3. The number of nitrogens with one attached hydrogen (secondary N) is 2. The molecule has 0 aliphatic rings. The van der Waals surface area contributed by atoms with Crippen LogP contribution >= 0.6 is 34.8 Å². The number of carbonyl (C=O) groups is 2. The van der Waals surface area contributed by atoms with E-state index >= 15 is 0 Å². The zero-order chi connectivity index (χ0) is 18.6. The molecule has 0 aromatic heterocycles. The molecule has 2 N–H and O–H groups in total. The summed E-state index contributed by atoms with van der Waals surface area (Å²) in [4.78, 5) is 25.3. The molecule has 0 unspecified atom stereocenters. The summed E-state index contributed by atoms with van der Waals surface area (Å²) in [6.07, 6.45) is 0. The number of rotatable bonds is 5. The van der Waals surface area contributed by atoms with Crippen molar-refractivity contribution in [3.63, 3.8) is 0 Å².